The van der Waals surface area contributed by atoms with Gasteiger partial charge in [-0.05, 0) is 32.0 Å². The van der Waals surface area contributed by atoms with Crippen molar-refractivity contribution in [1.82, 2.24) is 24.8 Å². The molecular weight excluding hydrogens is 399 g/mol. The Morgan fingerprint density at radius 1 is 1.23 bits per heavy atom. The van der Waals surface area contributed by atoms with Crippen LogP contribution >= 0.6 is 0 Å². The van der Waals surface area contributed by atoms with Crippen molar-refractivity contribution >= 4 is 17.3 Å². The summed E-state index contributed by atoms with van der Waals surface area (Å²) in [6.45, 7) is 2.27. The van der Waals surface area contributed by atoms with E-state index in [1.54, 1.807) is 17.2 Å². The quantitative estimate of drug-likeness (QED) is 0.685. The molecule has 3 aromatic rings. The second-order valence-electron chi connectivity index (χ2n) is 7.84. The van der Waals surface area contributed by atoms with Crippen LogP contribution < -0.4 is 5.32 Å². The average molecular weight is 419 g/mol. The number of nitrogens with one attached hydrogen (secondary N) is 2. The van der Waals surface area contributed by atoms with Crippen LogP contribution in [0.4, 0.5) is 13.2 Å². The number of carbonyl (C=O) groups excluding carboxylic acids is 2. The summed E-state index contributed by atoms with van der Waals surface area (Å²) in [6.07, 6.45) is -0.646. The van der Waals surface area contributed by atoms with Crippen LogP contribution in [0.3, 0.4) is 0 Å². The van der Waals surface area contributed by atoms with Crippen LogP contribution in [0.5, 0.6) is 0 Å². The molecule has 0 saturated carbocycles. The fourth-order valence-electron chi connectivity index (χ4n) is 3.42. The Hall–Kier alpha value is -3.30. The number of aromatic nitrogens is 3. The molecule has 0 aliphatic carbocycles. The highest BCUT2D eigenvalue weighted by molar-refractivity contribution is 5.97. The van der Waals surface area contributed by atoms with Crippen molar-refractivity contribution in [1.29, 1.82) is 0 Å². The Morgan fingerprint density at radius 2 is 2.00 bits per heavy atom. The van der Waals surface area contributed by atoms with Crippen LogP contribution in [-0.4, -0.2) is 49.6 Å². The number of halogens is 3. The third-order valence-corrected chi connectivity index (χ3v) is 5.32. The minimum Gasteiger partial charge on any atom is -0.337 e. The lowest BCUT2D eigenvalue weighted by molar-refractivity contribution is -0.182. The number of carbonyl (C=O) groups is 2. The number of rotatable bonds is 3. The lowest BCUT2D eigenvalue weighted by Gasteiger charge is -2.29. The van der Waals surface area contributed by atoms with E-state index in [9.17, 15) is 22.8 Å². The van der Waals surface area contributed by atoms with Gasteiger partial charge in [-0.3, -0.25) is 14.7 Å². The van der Waals surface area contributed by atoms with Gasteiger partial charge in [0.15, 0.2) is 0 Å². The normalized spacial score (nSPS) is 14.6. The monoisotopic (exact) mass is 419 g/mol. The van der Waals surface area contributed by atoms with E-state index in [2.05, 4.69) is 10.2 Å². The second kappa shape index (κ2) is 6.89. The first-order valence-electron chi connectivity index (χ1n) is 9.38. The standard InChI is InChI=1S/C20H20F3N5O2/c1-19(2,20(21,22)23)24-17(29)16-14-11-28(8-6-15(14)25-26-16)18(30)12-9-13-5-3-4-7-27(13)10-12/h3-5,7,9-10H,6,8,11H2,1-2H3,(H,24,29)(H,25,26). The zero-order chi connectivity index (χ0) is 21.7. The SMILES string of the molecule is CC(C)(NC(=O)c1[nH]nc2c1CN(C(=O)c1cc3ccccn3c1)CC2)C(F)(F)F. The Balaban J connectivity index is 1.56. The molecule has 0 saturated heterocycles. The molecule has 0 bridgehead atoms. The van der Waals surface area contributed by atoms with Crippen LogP contribution in [0.25, 0.3) is 5.52 Å². The number of aromatic amines is 1. The van der Waals surface area contributed by atoms with Gasteiger partial charge in [-0.15, -0.1) is 0 Å². The van der Waals surface area contributed by atoms with Gasteiger partial charge in [-0.2, -0.15) is 18.3 Å². The molecule has 158 valence electrons. The molecule has 7 nitrogen and oxygen atoms in total. The van der Waals surface area contributed by atoms with Gasteiger partial charge in [0.05, 0.1) is 17.8 Å². The summed E-state index contributed by atoms with van der Waals surface area (Å²) in [6, 6.07) is 7.38. The van der Waals surface area contributed by atoms with Crippen molar-refractivity contribution in [3.8, 4) is 0 Å². The summed E-state index contributed by atoms with van der Waals surface area (Å²) in [5.41, 5.74) is -0.0702. The van der Waals surface area contributed by atoms with Crippen molar-refractivity contribution in [2.24, 2.45) is 0 Å². The zero-order valence-corrected chi connectivity index (χ0v) is 16.4. The van der Waals surface area contributed by atoms with Gasteiger partial charge in [0.1, 0.15) is 11.2 Å². The lowest BCUT2D eigenvalue weighted by atomic mass is 10.0. The molecule has 0 unspecified atom stereocenters. The maximum absolute atomic E-state index is 13.1. The van der Waals surface area contributed by atoms with E-state index in [1.807, 2.05) is 34.1 Å². The highest BCUT2D eigenvalue weighted by atomic mass is 19.4. The molecule has 1 aliphatic heterocycles. The first kappa shape index (κ1) is 20.0. The van der Waals surface area contributed by atoms with Gasteiger partial charge in [-0.25, -0.2) is 0 Å². The van der Waals surface area contributed by atoms with Crippen molar-refractivity contribution in [2.45, 2.75) is 38.5 Å². The van der Waals surface area contributed by atoms with Gasteiger partial charge in [0.25, 0.3) is 11.8 Å². The van der Waals surface area contributed by atoms with E-state index in [4.69, 9.17) is 0 Å². The second-order valence-corrected chi connectivity index (χ2v) is 7.84. The maximum Gasteiger partial charge on any atom is 0.410 e. The van der Waals surface area contributed by atoms with E-state index in [-0.39, 0.29) is 18.1 Å². The predicted octanol–water partition coefficient (Wildman–Crippen LogP) is 2.93. The molecule has 0 spiro atoms. The van der Waals surface area contributed by atoms with Crippen LogP contribution in [-0.2, 0) is 13.0 Å². The molecule has 4 heterocycles. The Morgan fingerprint density at radius 3 is 2.70 bits per heavy atom. The predicted molar refractivity (Wildman–Crippen MR) is 102 cm³/mol. The third kappa shape index (κ3) is 3.42. The molecule has 2 N–H and O–H groups in total. The number of alkyl halides is 3. The number of pyridine rings is 1. The summed E-state index contributed by atoms with van der Waals surface area (Å²) < 4.78 is 41.2. The van der Waals surface area contributed by atoms with Crippen LogP contribution in [0, 0.1) is 0 Å². The molecule has 0 atom stereocenters. The van der Waals surface area contributed by atoms with Crippen molar-refractivity contribution in [3.05, 3.63) is 59.2 Å². The van der Waals surface area contributed by atoms with E-state index < -0.39 is 17.6 Å². The highest BCUT2D eigenvalue weighted by Crippen LogP contribution is 2.30. The molecule has 10 heteroatoms. The molecule has 30 heavy (non-hydrogen) atoms. The van der Waals surface area contributed by atoms with Crippen LogP contribution in [0.2, 0.25) is 0 Å². The molecule has 1 aliphatic rings. The average Bonchev–Trinajstić information content (AvgIpc) is 3.29. The minimum absolute atomic E-state index is 0.0538. The largest absolute Gasteiger partial charge is 0.410 e. The van der Waals surface area contributed by atoms with Crippen molar-refractivity contribution in [2.75, 3.05) is 6.54 Å². The number of hydrogen-bond acceptors (Lipinski definition) is 3. The van der Waals surface area contributed by atoms with Crippen molar-refractivity contribution in [3.63, 3.8) is 0 Å². The Labute approximate surface area is 169 Å². The van der Waals surface area contributed by atoms with E-state index in [0.717, 1.165) is 19.4 Å². The number of fused-ring (bicyclic) bond motifs is 2. The van der Waals surface area contributed by atoms with Gasteiger partial charge in [0.2, 0.25) is 0 Å². The fourth-order valence-corrected chi connectivity index (χ4v) is 3.42. The fraction of sp³-hybridized carbons (Fsp3) is 0.350. The van der Waals surface area contributed by atoms with E-state index in [0.29, 0.717) is 29.8 Å². The summed E-state index contributed by atoms with van der Waals surface area (Å²) >= 11 is 0. The summed E-state index contributed by atoms with van der Waals surface area (Å²) in [5, 5.41) is 8.60. The Bertz CT molecular complexity index is 1100. The molecule has 3 aromatic heterocycles. The molecular formula is C20H20F3N5O2. The molecule has 0 aromatic carbocycles. The van der Waals surface area contributed by atoms with Crippen LogP contribution in [0.15, 0.2) is 36.7 Å². The van der Waals surface area contributed by atoms with Crippen LogP contribution in [0.1, 0.15) is 46.0 Å². The van der Waals surface area contributed by atoms with E-state index >= 15 is 0 Å². The van der Waals surface area contributed by atoms with Gasteiger partial charge >= 0.3 is 6.18 Å². The highest BCUT2D eigenvalue weighted by Gasteiger charge is 2.48. The van der Waals surface area contributed by atoms with Gasteiger partial charge in [-0.1, -0.05) is 6.07 Å². The summed E-state index contributed by atoms with van der Waals surface area (Å²) in [7, 11) is 0. The number of nitrogens with zero attached hydrogens (tertiary/aromatic N) is 3. The number of hydrogen-bond donors (Lipinski definition) is 2. The first-order valence-corrected chi connectivity index (χ1v) is 9.38. The first-order chi connectivity index (χ1) is 14.1. The van der Waals surface area contributed by atoms with Gasteiger partial charge in [0, 0.05) is 36.4 Å². The molecule has 0 fully saturated rings. The van der Waals surface area contributed by atoms with Crippen molar-refractivity contribution < 1.29 is 22.8 Å². The summed E-state index contributed by atoms with van der Waals surface area (Å²) in [4.78, 5) is 27.1. The topological polar surface area (TPSA) is 82.5 Å². The lowest BCUT2D eigenvalue weighted by Crippen LogP contribution is -2.54. The maximum atomic E-state index is 13.1. The zero-order valence-electron chi connectivity index (χ0n) is 16.4. The third-order valence-electron chi connectivity index (χ3n) is 5.32. The number of H-pyrrole nitrogens is 1. The molecule has 0 radical (unpaired) electrons. The number of amides is 2. The smallest absolute Gasteiger partial charge is 0.337 e. The minimum atomic E-state index is -4.61. The van der Waals surface area contributed by atoms with E-state index in [1.165, 1.54) is 0 Å². The Kier molecular flexibility index (Phi) is 4.59. The van der Waals surface area contributed by atoms with Gasteiger partial charge < -0.3 is 14.6 Å². The summed E-state index contributed by atoms with van der Waals surface area (Å²) in [5.74, 6) is -1.12. The molecule has 2 amide bonds. The molecule has 4 rings (SSSR count).